The lowest BCUT2D eigenvalue weighted by atomic mass is 10.2. The van der Waals surface area contributed by atoms with E-state index >= 15 is 0 Å². The van der Waals surface area contributed by atoms with E-state index < -0.39 is 4.92 Å². The summed E-state index contributed by atoms with van der Waals surface area (Å²) in [6, 6.07) is 17.5. The molecule has 0 bridgehead atoms. The quantitative estimate of drug-likeness (QED) is 0.185. The molecular formula is C29H27FN8O2S. The summed E-state index contributed by atoms with van der Waals surface area (Å²) in [6.45, 7) is 3.68. The van der Waals surface area contributed by atoms with Crippen LogP contribution in [-0.4, -0.2) is 62.8 Å². The highest BCUT2D eigenvalue weighted by Gasteiger charge is 2.30. The van der Waals surface area contributed by atoms with Crippen LogP contribution in [-0.2, 0) is 0 Å². The summed E-state index contributed by atoms with van der Waals surface area (Å²) in [5, 5.41) is 24.5. The lowest BCUT2D eigenvalue weighted by Crippen LogP contribution is -2.44. The van der Waals surface area contributed by atoms with Gasteiger partial charge in [-0.05, 0) is 56.3 Å². The van der Waals surface area contributed by atoms with E-state index in [0.717, 1.165) is 78.4 Å². The number of nitro groups is 1. The molecule has 1 aliphatic carbocycles. The summed E-state index contributed by atoms with van der Waals surface area (Å²) in [6.07, 6.45) is 2.15. The summed E-state index contributed by atoms with van der Waals surface area (Å²) in [5.41, 5.74) is 5.36. The van der Waals surface area contributed by atoms with Crippen molar-refractivity contribution < 1.29 is 9.31 Å². The molecule has 41 heavy (non-hydrogen) atoms. The van der Waals surface area contributed by atoms with Crippen LogP contribution in [0.5, 0.6) is 0 Å². The Hall–Kier alpha value is -4.42. The smallest absolute Gasteiger partial charge is 0.269 e. The zero-order valence-electron chi connectivity index (χ0n) is 22.3. The molecular weight excluding hydrogens is 543 g/mol. The van der Waals surface area contributed by atoms with Gasteiger partial charge in [0.25, 0.3) is 5.69 Å². The molecule has 1 saturated heterocycles. The lowest BCUT2D eigenvalue weighted by molar-refractivity contribution is -0.384. The average Bonchev–Trinajstić information content (AvgIpc) is 3.58. The number of benzene rings is 3. The fraction of sp³-hybridized carbons (Fsp3) is 0.276. The Morgan fingerprint density at radius 2 is 1.78 bits per heavy atom. The van der Waals surface area contributed by atoms with Crippen molar-refractivity contribution in [3.63, 3.8) is 0 Å². The van der Waals surface area contributed by atoms with E-state index in [2.05, 4.69) is 49.1 Å². The molecule has 1 N–H and O–H groups in total. The molecule has 0 spiro atoms. The van der Waals surface area contributed by atoms with Gasteiger partial charge in [-0.1, -0.05) is 23.5 Å². The molecule has 0 atom stereocenters. The molecule has 0 radical (unpaired) electrons. The number of nitrogens with one attached hydrogen (secondary N) is 1. The summed E-state index contributed by atoms with van der Waals surface area (Å²) in [5.74, 6) is 0.498. The maximum atomic E-state index is 14.2. The van der Waals surface area contributed by atoms with Crippen molar-refractivity contribution in [2.45, 2.75) is 18.9 Å². The number of aromatic nitrogens is 4. The molecule has 2 aromatic heterocycles. The Morgan fingerprint density at radius 1 is 1.00 bits per heavy atom. The van der Waals surface area contributed by atoms with Crippen LogP contribution in [0.15, 0.2) is 60.7 Å². The minimum Gasteiger partial charge on any atom is -0.367 e. The maximum Gasteiger partial charge on any atom is 0.269 e. The van der Waals surface area contributed by atoms with Crippen molar-refractivity contribution in [1.29, 1.82) is 0 Å². The van der Waals surface area contributed by atoms with E-state index in [1.54, 1.807) is 24.3 Å². The van der Waals surface area contributed by atoms with Crippen molar-refractivity contribution in [2.24, 2.45) is 0 Å². The summed E-state index contributed by atoms with van der Waals surface area (Å²) in [4.78, 5) is 20.3. The van der Waals surface area contributed by atoms with Gasteiger partial charge in [0, 0.05) is 55.5 Å². The van der Waals surface area contributed by atoms with E-state index in [-0.39, 0.29) is 11.5 Å². The monoisotopic (exact) mass is 570 g/mol. The Labute approximate surface area is 239 Å². The molecule has 1 aliphatic heterocycles. The largest absolute Gasteiger partial charge is 0.367 e. The van der Waals surface area contributed by atoms with Gasteiger partial charge in [-0.2, -0.15) is 0 Å². The van der Waals surface area contributed by atoms with Crippen molar-refractivity contribution in [3.8, 4) is 22.0 Å². The predicted molar refractivity (Wildman–Crippen MR) is 158 cm³/mol. The minimum absolute atomic E-state index is 0.0324. The molecule has 0 amide bonds. The zero-order chi connectivity index (χ0) is 28.1. The van der Waals surface area contributed by atoms with Crippen molar-refractivity contribution >= 4 is 44.6 Å². The molecule has 10 nitrogen and oxygen atoms in total. The lowest BCUT2D eigenvalue weighted by Gasteiger charge is -2.35. The Morgan fingerprint density at radius 3 is 2.49 bits per heavy atom. The summed E-state index contributed by atoms with van der Waals surface area (Å²) >= 11 is 1.38. The van der Waals surface area contributed by atoms with E-state index in [0.29, 0.717) is 16.2 Å². The first-order chi connectivity index (χ1) is 19.9. The van der Waals surface area contributed by atoms with Gasteiger partial charge >= 0.3 is 0 Å². The maximum absolute atomic E-state index is 14.2. The van der Waals surface area contributed by atoms with Gasteiger partial charge in [0.15, 0.2) is 0 Å². The number of rotatable bonds is 7. The minimum atomic E-state index is -0.420. The Bertz CT molecular complexity index is 1760. The fourth-order valence-corrected chi connectivity index (χ4v) is 6.07. The molecule has 3 heterocycles. The van der Waals surface area contributed by atoms with Gasteiger partial charge < -0.3 is 19.7 Å². The normalized spacial score (nSPS) is 15.9. The molecule has 1 saturated carbocycles. The fourth-order valence-electron chi connectivity index (χ4n) is 5.30. The summed E-state index contributed by atoms with van der Waals surface area (Å²) < 4.78 is 16.5. The number of hydrogen-bond donors (Lipinski definition) is 1. The number of non-ortho nitro benzene ring substituents is 1. The highest BCUT2D eigenvalue weighted by atomic mass is 32.1. The molecule has 12 heteroatoms. The van der Waals surface area contributed by atoms with Crippen LogP contribution < -0.4 is 10.2 Å². The molecule has 3 aromatic carbocycles. The Kier molecular flexibility index (Phi) is 6.36. The number of piperazine rings is 1. The summed E-state index contributed by atoms with van der Waals surface area (Å²) in [7, 11) is 2.13. The van der Waals surface area contributed by atoms with Gasteiger partial charge in [-0.15, -0.1) is 10.2 Å². The van der Waals surface area contributed by atoms with E-state index in [9.17, 15) is 14.5 Å². The van der Waals surface area contributed by atoms with Gasteiger partial charge in [-0.3, -0.25) is 10.1 Å². The van der Waals surface area contributed by atoms with Crippen LogP contribution in [0, 0.1) is 15.9 Å². The molecule has 2 fully saturated rings. The number of fused-ring (bicyclic) bond motifs is 1. The number of hydrogen-bond acceptors (Lipinski definition) is 9. The first-order valence-corrected chi connectivity index (χ1v) is 14.4. The first-order valence-electron chi connectivity index (χ1n) is 13.5. The zero-order valence-corrected chi connectivity index (χ0v) is 23.1. The first kappa shape index (κ1) is 25.5. The molecule has 2 aliphatic rings. The number of likely N-dealkylation sites (N-methyl/N-ethyl adjacent to an activating group) is 1. The van der Waals surface area contributed by atoms with Gasteiger partial charge in [-0.25, -0.2) is 9.37 Å². The van der Waals surface area contributed by atoms with Crippen molar-refractivity contribution in [3.05, 3.63) is 76.6 Å². The third-order valence-corrected chi connectivity index (χ3v) is 8.53. The van der Waals surface area contributed by atoms with Gasteiger partial charge in [0.05, 0.1) is 27.3 Å². The highest BCUT2D eigenvalue weighted by Crippen LogP contribution is 2.44. The van der Waals surface area contributed by atoms with Crippen LogP contribution in [0.2, 0.25) is 0 Å². The number of anilines is 3. The second kappa shape index (κ2) is 10.2. The molecule has 7 rings (SSSR count). The van der Waals surface area contributed by atoms with E-state index in [1.165, 1.54) is 29.5 Å². The standard InChI is InChI=1S/C29H27FN8O2S/c1-35-11-13-36(14-12-35)25-17-26-24(31-27(37(26)21-9-10-21)19-3-2-4-20(30)15-19)16-23(25)32-29-34-33-28(41-29)18-5-7-22(8-6-18)38(39)40/h2-8,15-17,21H,9-14H2,1H3,(H,32,34). The predicted octanol–water partition coefficient (Wildman–Crippen LogP) is 6.10. The SMILES string of the molecule is CN1CCN(c2cc3c(cc2Nc2nnc(-c4ccc([N+](=O)[O-])cc4)s2)nc(-c2cccc(F)c2)n3C2CC2)CC1. The third kappa shape index (κ3) is 5.00. The average molecular weight is 571 g/mol. The number of halogens is 1. The van der Waals surface area contributed by atoms with Crippen molar-refractivity contribution in [1.82, 2.24) is 24.6 Å². The van der Waals surface area contributed by atoms with Crippen molar-refractivity contribution in [2.75, 3.05) is 43.4 Å². The number of imidazole rings is 1. The van der Waals surface area contributed by atoms with Crippen LogP contribution in [0.25, 0.3) is 33.0 Å². The van der Waals surface area contributed by atoms with Crippen LogP contribution in [0.4, 0.5) is 26.6 Å². The second-order valence-electron chi connectivity index (χ2n) is 10.5. The third-order valence-electron chi connectivity index (χ3n) is 7.64. The topological polar surface area (TPSA) is 105 Å². The highest BCUT2D eigenvalue weighted by molar-refractivity contribution is 7.18. The number of nitrogens with zero attached hydrogens (tertiary/aromatic N) is 7. The molecule has 208 valence electrons. The van der Waals surface area contributed by atoms with Gasteiger partial charge in [0.2, 0.25) is 5.13 Å². The van der Waals surface area contributed by atoms with Gasteiger partial charge in [0.1, 0.15) is 16.6 Å². The van der Waals surface area contributed by atoms with E-state index in [1.807, 2.05) is 6.07 Å². The van der Waals surface area contributed by atoms with E-state index in [4.69, 9.17) is 4.98 Å². The Balaban J connectivity index is 1.29. The van der Waals surface area contributed by atoms with Crippen LogP contribution >= 0.6 is 11.3 Å². The van der Waals surface area contributed by atoms with Crippen LogP contribution in [0.1, 0.15) is 18.9 Å². The van der Waals surface area contributed by atoms with Crippen LogP contribution in [0.3, 0.4) is 0 Å². The second-order valence-corrected chi connectivity index (χ2v) is 11.5. The molecule has 5 aromatic rings. The number of nitro benzene ring substituents is 1. The molecule has 0 unspecified atom stereocenters.